The van der Waals surface area contributed by atoms with Crippen LogP contribution in [0.3, 0.4) is 0 Å². The van der Waals surface area contributed by atoms with Gasteiger partial charge in [-0.25, -0.2) is 0 Å². The van der Waals surface area contributed by atoms with E-state index in [1.54, 1.807) is 6.07 Å². The topological polar surface area (TPSA) is 54.4 Å². The van der Waals surface area contributed by atoms with Gasteiger partial charge in [0.1, 0.15) is 8.07 Å². The largest absolute Gasteiger partial charge is 0.294 e. The molecule has 0 atom stereocenters. The normalized spacial score (nSPS) is 11.9. The minimum absolute atomic E-state index is 0.00452. The average molecular weight is 339 g/mol. The highest BCUT2D eigenvalue weighted by Crippen LogP contribution is 2.20. The monoisotopic (exact) mass is 338 g/mol. The lowest BCUT2D eigenvalue weighted by molar-refractivity contribution is 0.482. The molecule has 0 aliphatic carbocycles. The smallest absolute Gasteiger partial charge is 0.282 e. The van der Waals surface area contributed by atoms with Crippen molar-refractivity contribution in [1.82, 2.24) is 0 Å². The summed E-state index contributed by atoms with van der Waals surface area (Å²) in [6.45, 7) is 8.55. The Kier molecular flexibility index (Phi) is 6.85. The van der Waals surface area contributed by atoms with Crippen molar-refractivity contribution in [3.63, 3.8) is 0 Å². The highest BCUT2D eigenvalue weighted by Gasteiger charge is 2.24. The first kappa shape index (κ1) is 19.0. The molecule has 22 heavy (non-hydrogen) atoms. The lowest BCUT2D eigenvalue weighted by Gasteiger charge is -2.20. The van der Waals surface area contributed by atoms with Gasteiger partial charge in [0.2, 0.25) is 0 Å². The molecule has 0 bridgehead atoms. The number of aryl methyl sites for hydroxylation is 2. The molecule has 3 nitrogen and oxygen atoms in total. The number of rotatable bonds is 6. The van der Waals surface area contributed by atoms with Gasteiger partial charge in [0.15, 0.2) is 0 Å². The van der Waals surface area contributed by atoms with Gasteiger partial charge in [0, 0.05) is 6.42 Å². The molecule has 0 aliphatic rings. The molecule has 1 aromatic carbocycles. The van der Waals surface area contributed by atoms with Crippen molar-refractivity contribution in [3.05, 3.63) is 29.3 Å². The summed E-state index contributed by atoms with van der Waals surface area (Å²) in [6, 6.07) is 8.46. The highest BCUT2D eigenvalue weighted by molar-refractivity contribution is 7.85. The van der Waals surface area contributed by atoms with Gasteiger partial charge >= 0.3 is 0 Å². The fraction of sp³-hybridized carbons (Fsp3) is 0.529. The van der Waals surface area contributed by atoms with Crippen LogP contribution in [0.1, 0.15) is 38.3 Å². The third kappa shape index (κ3) is 4.98. The molecule has 0 fully saturated rings. The van der Waals surface area contributed by atoms with Crippen LogP contribution in [0, 0.1) is 18.4 Å². The van der Waals surface area contributed by atoms with Crippen molar-refractivity contribution in [3.8, 4) is 11.5 Å². The summed E-state index contributed by atoms with van der Waals surface area (Å²) in [4.78, 5) is 0.00452. The van der Waals surface area contributed by atoms with Gasteiger partial charge in [-0.2, -0.15) is 8.42 Å². The highest BCUT2D eigenvalue weighted by atomic mass is 32.2. The van der Waals surface area contributed by atoms with Crippen LogP contribution in [-0.4, -0.2) is 21.0 Å². The molecule has 0 aromatic heterocycles. The Hall–Kier alpha value is -1.09. The van der Waals surface area contributed by atoms with Crippen LogP contribution >= 0.6 is 0 Å². The summed E-state index contributed by atoms with van der Waals surface area (Å²) in [6.07, 6.45) is 1.17. The summed E-state index contributed by atoms with van der Waals surface area (Å²) < 4.78 is 32.1. The molecule has 0 aliphatic heterocycles. The lowest BCUT2D eigenvalue weighted by Crippen LogP contribution is -2.29. The molecule has 1 aromatic rings. The predicted molar refractivity (Wildman–Crippen MR) is 94.3 cm³/mol. The Morgan fingerprint density at radius 3 is 2.23 bits per heavy atom. The van der Waals surface area contributed by atoms with Crippen LogP contribution in [0.4, 0.5) is 0 Å². The second kappa shape index (κ2) is 7.96. The maximum Gasteiger partial charge on any atom is 0.294 e. The molecule has 0 saturated carbocycles. The van der Waals surface area contributed by atoms with Crippen LogP contribution in [0.5, 0.6) is 0 Å². The summed E-state index contributed by atoms with van der Waals surface area (Å²) in [5.74, 6) is 3.26. The van der Waals surface area contributed by atoms with Crippen LogP contribution < -0.4 is 0 Å². The number of benzene rings is 1. The van der Waals surface area contributed by atoms with E-state index in [1.165, 1.54) is 6.07 Å². The van der Waals surface area contributed by atoms with Gasteiger partial charge in [-0.15, -0.1) is 11.5 Å². The van der Waals surface area contributed by atoms with Gasteiger partial charge in [-0.1, -0.05) is 38.5 Å². The molecular weight excluding hydrogens is 312 g/mol. The minimum Gasteiger partial charge on any atom is -0.282 e. The molecule has 0 spiro atoms. The van der Waals surface area contributed by atoms with Crippen LogP contribution in [0.2, 0.25) is 18.1 Å². The minimum atomic E-state index is -4.17. The molecule has 0 heterocycles. The fourth-order valence-electron chi connectivity index (χ4n) is 2.62. The Morgan fingerprint density at radius 2 is 1.73 bits per heavy atom. The lowest BCUT2D eigenvalue weighted by atomic mass is 10.1. The molecule has 122 valence electrons. The number of hydrogen-bond donors (Lipinski definition) is 1. The molecule has 5 heteroatoms. The van der Waals surface area contributed by atoms with Crippen molar-refractivity contribution in [2.45, 2.75) is 63.6 Å². The predicted octanol–water partition coefficient (Wildman–Crippen LogP) is 4.23. The van der Waals surface area contributed by atoms with E-state index < -0.39 is 18.2 Å². The van der Waals surface area contributed by atoms with E-state index in [-0.39, 0.29) is 4.90 Å². The first-order chi connectivity index (χ1) is 10.3. The van der Waals surface area contributed by atoms with E-state index in [0.29, 0.717) is 18.4 Å². The van der Waals surface area contributed by atoms with E-state index in [1.807, 2.05) is 13.0 Å². The third-order valence-electron chi connectivity index (χ3n) is 4.40. The standard InChI is InChI=1S/C17H26O3SSi/c1-5-22(6-2,7-3)13-9-8-10-16-14-15(4)11-12-17(16)21(18,19)20/h11-12,14H,5-8,10H2,1-4H3,(H,18,19,20). The van der Waals surface area contributed by atoms with Crippen molar-refractivity contribution in [2.75, 3.05) is 0 Å². The van der Waals surface area contributed by atoms with E-state index >= 15 is 0 Å². The zero-order valence-electron chi connectivity index (χ0n) is 13.9. The van der Waals surface area contributed by atoms with E-state index in [2.05, 4.69) is 32.2 Å². The third-order valence-corrected chi connectivity index (χ3v) is 10.1. The van der Waals surface area contributed by atoms with Gasteiger partial charge in [-0.3, -0.25) is 4.55 Å². The number of hydrogen-bond acceptors (Lipinski definition) is 2. The van der Waals surface area contributed by atoms with Gasteiger partial charge in [0.25, 0.3) is 10.1 Å². The Labute approximate surface area is 135 Å². The molecule has 0 radical (unpaired) electrons. The van der Waals surface area contributed by atoms with Crippen molar-refractivity contribution in [1.29, 1.82) is 0 Å². The SMILES string of the molecule is CC[Si](C#CCCc1cc(C)ccc1S(=O)(=O)O)(CC)CC. The van der Waals surface area contributed by atoms with Crippen molar-refractivity contribution >= 4 is 18.2 Å². The second-order valence-electron chi connectivity index (χ2n) is 5.73. The zero-order valence-corrected chi connectivity index (χ0v) is 15.8. The Morgan fingerprint density at radius 1 is 1.14 bits per heavy atom. The average Bonchev–Trinajstić information content (AvgIpc) is 2.47. The fourth-order valence-corrected chi connectivity index (χ4v) is 5.88. The molecule has 0 saturated heterocycles. The quantitative estimate of drug-likeness (QED) is 0.480. The maximum atomic E-state index is 11.4. The van der Waals surface area contributed by atoms with E-state index in [0.717, 1.165) is 23.7 Å². The maximum absolute atomic E-state index is 11.4. The molecule has 0 unspecified atom stereocenters. The summed E-state index contributed by atoms with van der Waals surface area (Å²) >= 11 is 0. The zero-order chi connectivity index (χ0) is 16.8. The molecule has 1 N–H and O–H groups in total. The van der Waals surface area contributed by atoms with Crippen LogP contribution in [0.15, 0.2) is 23.1 Å². The van der Waals surface area contributed by atoms with Crippen molar-refractivity contribution in [2.24, 2.45) is 0 Å². The van der Waals surface area contributed by atoms with Gasteiger partial charge in [0.05, 0.1) is 4.90 Å². The first-order valence-corrected chi connectivity index (χ1v) is 11.9. The van der Waals surface area contributed by atoms with Gasteiger partial charge < -0.3 is 0 Å². The van der Waals surface area contributed by atoms with E-state index in [9.17, 15) is 13.0 Å². The van der Waals surface area contributed by atoms with E-state index in [4.69, 9.17) is 0 Å². The van der Waals surface area contributed by atoms with Crippen LogP contribution in [0.25, 0.3) is 0 Å². The summed E-state index contributed by atoms with van der Waals surface area (Å²) in [5, 5.41) is 0. The molecule has 0 amide bonds. The van der Waals surface area contributed by atoms with Gasteiger partial charge in [-0.05, 0) is 43.1 Å². The first-order valence-electron chi connectivity index (χ1n) is 7.85. The Bertz CT molecular complexity index is 657. The van der Waals surface area contributed by atoms with Crippen LogP contribution in [-0.2, 0) is 16.5 Å². The molecule has 1 rings (SSSR count). The van der Waals surface area contributed by atoms with Crippen molar-refractivity contribution < 1.29 is 13.0 Å². The molecular formula is C17H26O3SSi. The second-order valence-corrected chi connectivity index (χ2v) is 12.1. The Balaban J connectivity index is 2.93. The summed E-state index contributed by atoms with van der Waals surface area (Å²) in [5.41, 5.74) is 5.13. The summed E-state index contributed by atoms with van der Waals surface area (Å²) in [7, 11) is -5.61.